The van der Waals surface area contributed by atoms with Crippen LogP contribution >= 0.6 is 0 Å². The molecule has 1 saturated heterocycles. The van der Waals surface area contributed by atoms with E-state index in [0.717, 1.165) is 4.90 Å². The first kappa shape index (κ1) is 26.0. The molecule has 0 bridgehead atoms. The second-order valence-corrected chi connectivity index (χ2v) is 10.3. The molecule has 1 aromatic heterocycles. The van der Waals surface area contributed by atoms with Crippen molar-refractivity contribution in [2.75, 3.05) is 0 Å². The van der Waals surface area contributed by atoms with Gasteiger partial charge in [-0.1, -0.05) is 0 Å². The number of carbonyl (C=O) groups excluding carboxylic acids is 2. The molecule has 0 aliphatic carbocycles. The quantitative estimate of drug-likeness (QED) is 0.132. The number of fused-ring (bicyclic) bond motifs is 1. The molecule has 4 atom stereocenters. The third-order valence-corrected chi connectivity index (χ3v) is 7.94. The van der Waals surface area contributed by atoms with Crippen LogP contribution in [0.4, 0.5) is 10.5 Å². The summed E-state index contributed by atoms with van der Waals surface area (Å²) in [5.74, 6) is -2.92. The second-order valence-electron chi connectivity index (χ2n) is 8.97. The fourth-order valence-corrected chi connectivity index (χ4v) is 6.11. The average Bonchev–Trinajstić information content (AvgIpc) is 3.06. The molecular weight excluding hydrogens is 508 g/mol. The number of benzene rings is 1. The molecular formula is C23H22N4O9S. The van der Waals surface area contributed by atoms with Crippen LogP contribution in [0.5, 0.6) is 0 Å². The summed E-state index contributed by atoms with van der Waals surface area (Å²) in [5.41, 5.74) is -1.09. The predicted molar refractivity (Wildman–Crippen MR) is 125 cm³/mol. The highest BCUT2D eigenvalue weighted by atomic mass is 32.2. The molecule has 1 aromatic carbocycles. The molecule has 14 heteroatoms. The monoisotopic (exact) mass is 530 g/mol. The number of nitro groups is 1. The summed E-state index contributed by atoms with van der Waals surface area (Å²) in [6.45, 7) is 4.60. The van der Waals surface area contributed by atoms with Crippen LogP contribution in [0.15, 0.2) is 58.5 Å². The van der Waals surface area contributed by atoms with E-state index in [1.807, 2.05) is 0 Å². The van der Waals surface area contributed by atoms with Crippen LogP contribution in [-0.2, 0) is 36.8 Å². The van der Waals surface area contributed by atoms with Crippen LogP contribution in [0, 0.1) is 21.4 Å². The van der Waals surface area contributed by atoms with Gasteiger partial charge in [-0.05, 0) is 44.5 Å². The number of carboxylic acids is 1. The van der Waals surface area contributed by atoms with Crippen molar-refractivity contribution < 1.29 is 38.4 Å². The SMILES string of the molecule is CC(OC(=O)OCc1ccc([N+](=O)[O-])cc1)C1C(=O)N2C(C(=O)O)=C([S+]([O-])c3ncccn3)C(C)(C)C12. The van der Waals surface area contributed by atoms with Gasteiger partial charge in [-0.2, -0.15) is 9.97 Å². The minimum atomic E-state index is -2.05. The summed E-state index contributed by atoms with van der Waals surface area (Å²) in [6.07, 6.45) is 0.697. The lowest BCUT2D eigenvalue weighted by Crippen LogP contribution is -2.66. The maximum Gasteiger partial charge on any atom is 0.508 e. The van der Waals surface area contributed by atoms with E-state index in [1.165, 1.54) is 49.6 Å². The molecule has 4 rings (SSSR count). The summed E-state index contributed by atoms with van der Waals surface area (Å²) in [7, 11) is 0. The Balaban J connectivity index is 1.47. The largest absolute Gasteiger partial charge is 0.604 e. The molecule has 4 unspecified atom stereocenters. The van der Waals surface area contributed by atoms with E-state index in [4.69, 9.17) is 9.47 Å². The molecule has 0 saturated carbocycles. The van der Waals surface area contributed by atoms with E-state index in [-0.39, 0.29) is 22.4 Å². The number of aliphatic carboxylic acids is 1. The molecule has 2 aliphatic rings. The first-order valence-corrected chi connectivity index (χ1v) is 12.2. The molecule has 2 aliphatic heterocycles. The number of non-ortho nitro benzene ring substituents is 1. The summed E-state index contributed by atoms with van der Waals surface area (Å²) >= 11 is -2.05. The lowest BCUT2D eigenvalue weighted by Gasteiger charge is -2.49. The van der Waals surface area contributed by atoms with E-state index in [0.29, 0.717) is 5.56 Å². The first-order valence-electron chi connectivity index (χ1n) is 11.0. The minimum absolute atomic E-state index is 0.00000225. The Morgan fingerprint density at radius 2 is 1.86 bits per heavy atom. The van der Waals surface area contributed by atoms with Crippen molar-refractivity contribution in [1.82, 2.24) is 14.9 Å². The Morgan fingerprint density at radius 1 is 1.24 bits per heavy atom. The third-order valence-electron chi connectivity index (χ3n) is 6.31. The van der Waals surface area contributed by atoms with Crippen molar-refractivity contribution in [3.05, 3.63) is 69.0 Å². The molecule has 13 nitrogen and oxygen atoms in total. The van der Waals surface area contributed by atoms with Crippen LogP contribution in [0.1, 0.15) is 26.3 Å². The Morgan fingerprint density at radius 3 is 2.43 bits per heavy atom. The van der Waals surface area contributed by atoms with Crippen molar-refractivity contribution in [2.45, 2.75) is 44.7 Å². The average molecular weight is 531 g/mol. The number of nitro benzene ring substituents is 1. The number of ether oxygens (including phenoxy) is 2. The molecule has 3 heterocycles. The van der Waals surface area contributed by atoms with Crippen LogP contribution in [0.2, 0.25) is 0 Å². The molecule has 1 N–H and O–H groups in total. The molecule has 1 amide bonds. The lowest BCUT2D eigenvalue weighted by atomic mass is 9.71. The summed E-state index contributed by atoms with van der Waals surface area (Å²) in [4.78, 5) is 56.7. The number of carboxylic acid groups (broad SMARTS) is 1. The summed E-state index contributed by atoms with van der Waals surface area (Å²) in [5, 5.41) is 20.5. The maximum atomic E-state index is 13.3. The molecule has 2 aromatic rings. The predicted octanol–water partition coefficient (Wildman–Crippen LogP) is 2.40. The number of hydrogen-bond donors (Lipinski definition) is 1. The number of carbonyl (C=O) groups is 3. The normalized spacial score (nSPS) is 21.5. The maximum absolute atomic E-state index is 13.3. The van der Waals surface area contributed by atoms with E-state index in [1.54, 1.807) is 13.8 Å². The van der Waals surface area contributed by atoms with Gasteiger partial charge in [-0.3, -0.25) is 19.8 Å². The van der Waals surface area contributed by atoms with E-state index >= 15 is 0 Å². The van der Waals surface area contributed by atoms with Gasteiger partial charge in [0.1, 0.15) is 12.7 Å². The highest BCUT2D eigenvalue weighted by molar-refractivity contribution is 7.95. The van der Waals surface area contributed by atoms with Crippen molar-refractivity contribution >= 4 is 34.9 Å². The van der Waals surface area contributed by atoms with Gasteiger partial charge in [0.2, 0.25) is 5.91 Å². The van der Waals surface area contributed by atoms with Crippen LogP contribution in [0.3, 0.4) is 0 Å². The van der Waals surface area contributed by atoms with Crippen molar-refractivity contribution in [1.29, 1.82) is 0 Å². The van der Waals surface area contributed by atoms with Crippen LogP contribution < -0.4 is 0 Å². The molecule has 37 heavy (non-hydrogen) atoms. The fourth-order valence-electron chi connectivity index (χ4n) is 4.65. The van der Waals surface area contributed by atoms with Gasteiger partial charge in [0.15, 0.2) is 10.6 Å². The number of rotatable bonds is 8. The zero-order valence-corrected chi connectivity index (χ0v) is 20.7. The Bertz CT molecular complexity index is 1280. The van der Waals surface area contributed by atoms with Crippen LogP contribution in [0.25, 0.3) is 0 Å². The lowest BCUT2D eigenvalue weighted by molar-refractivity contribution is -0.384. The molecule has 0 radical (unpaired) electrons. The highest BCUT2D eigenvalue weighted by Gasteiger charge is 2.68. The van der Waals surface area contributed by atoms with Gasteiger partial charge >= 0.3 is 17.3 Å². The van der Waals surface area contributed by atoms with Gasteiger partial charge in [0.25, 0.3) is 5.69 Å². The van der Waals surface area contributed by atoms with E-state index < -0.39 is 63.3 Å². The Hall–Kier alpha value is -4.04. The fraction of sp³-hybridized carbons (Fsp3) is 0.348. The minimum Gasteiger partial charge on any atom is -0.604 e. The highest BCUT2D eigenvalue weighted by Crippen LogP contribution is 2.56. The third kappa shape index (κ3) is 4.60. The smallest absolute Gasteiger partial charge is 0.508 e. The zero-order valence-electron chi connectivity index (χ0n) is 19.9. The number of β-lactam (4-membered cyclic amide) rings is 1. The van der Waals surface area contributed by atoms with Gasteiger partial charge < -0.3 is 19.1 Å². The molecule has 1 fully saturated rings. The Labute approximate surface area is 213 Å². The standard InChI is InChI=1S/C23H22N4O9S/c1-12(36-22(31)35-11-13-5-7-14(8-6-13)27(32)33)15-17-23(2,3)18(16(20(29)30)26(17)19(15)28)37(34)21-24-9-4-10-25-21/h4-10,12,15,17H,11H2,1-3H3,(H,29,30). The number of amides is 1. The summed E-state index contributed by atoms with van der Waals surface area (Å²) in [6, 6.07) is 6.18. The van der Waals surface area contributed by atoms with Gasteiger partial charge in [-0.15, -0.1) is 0 Å². The summed E-state index contributed by atoms with van der Waals surface area (Å²) < 4.78 is 23.7. The van der Waals surface area contributed by atoms with Gasteiger partial charge in [-0.25, -0.2) is 9.59 Å². The van der Waals surface area contributed by atoms with Crippen LogP contribution in [-0.4, -0.2) is 59.6 Å². The van der Waals surface area contributed by atoms with Crippen molar-refractivity contribution in [3.63, 3.8) is 0 Å². The molecule has 194 valence electrons. The zero-order chi connectivity index (χ0) is 27.1. The number of nitrogens with zero attached hydrogens (tertiary/aromatic N) is 4. The van der Waals surface area contributed by atoms with Crippen molar-refractivity contribution in [3.8, 4) is 0 Å². The van der Waals surface area contributed by atoms with Gasteiger partial charge in [0.05, 0.1) is 33.5 Å². The number of hydrogen-bond acceptors (Lipinski definition) is 10. The topological polar surface area (TPSA) is 185 Å². The van der Waals surface area contributed by atoms with E-state index in [2.05, 4.69) is 9.97 Å². The first-order chi connectivity index (χ1) is 17.4. The second kappa shape index (κ2) is 9.78. The number of aromatic nitrogens is 2. The van der Waals surface area contributed by atoms with E-state index in [9.17, 15) is 34.2 Å². The van der Waals surface area contributed by atoms with Gasteiger partial charge in [0, 0.05) is 24.5 Å². The van der Waals surface area contributed by atoms with Crippen molar-refractivity contribution in [2.24, 2.45) is 11.3 Å². The molecule has 0 spiro atoms. The Kier molecular flexibility index (Phi) is 6.88.